The van der Waals surface area contributed by atoms with E-state index in [9.17, 15) is 14.0 Å². The fourth-order valence-electron chi connectivity index (χ4n) is 4.09. The van der Waals surface area contributed by atoms with Crippen molar-refractivity contribution >= 4 is 11.9 Å². The third kappa shape index (κ3) is 5.31. The van der Waals surface area contributed by atoms with E-state index in [0.717, 1.165) is 11.1 Å². The maximum atomic E-state index is 14.3. The highest BCUT2D eigenvalue weighted by atomic mass is 19.1. The van der Waals surface area contributed by atoms with Gasteiger partial charge in [-0.2, -0.15) is 0 Å². The number of rotatable bonds is 8. The molecule has 0 saturated carbocycles. The zero-order valence-electron chi connectivity index (χ0n) is 17.9. The zero-order valence-corrected chi connectivity index (χ0v) is 17.9. The molecule has 1 unspecified atom stereocenters. The van der Waals surface area contributed by atoms with Crippen molar-refractivity contribution in [3.05, 3.63) is 95.3 Å². The van der Waals surface area contributed by atoms with Crippen LogP contribution in [0, 0.1) is 5.82 Å². The number of nitrogens with zero attached hydrogens (tertiary/aromatic N) is 1. The van der Waals surface area contributed by atoms with Crippen LogP contribution in [0.1, 0.15) is 29.2 Å². The monoisotopic (exact) mass is 449 g/mol. The lowest BCUT2D eigenvalue weighted by molar-refractivity contribution is -0.139. The first-order valence-electron chi connectivity index (χ1n) is 10.7. The fourth-order valence-corrected chi connectivity index (χ4v) is 4.09. The first kappa shape index (κ1) is 22.3. The highest BCUT2D eigenvalue weighted by Crippen LogP contribution is 2.40. The predicted molar refractivity (Wildman–Crippen MR) is 120 cm³/mol. The SMILES string of the molecule is O=C(O)COc1ccc(F)cc1C1c2ccccc2CCN1C(=O)CCOc1ccccc1. The Labute approximate surface area is 191 Å². The van der Waals surface area contributed by atoms with Crippen molar-refractivity contribution in [2.75, 3.05) is 19.8 Å². The quantitative estimate of drug-likeness (QED) is 0.557. The van der Waals surface area contributed by atoms with Crippen LogP contribution in [-0.2, 0) is 16.0 Å². The average molecular weight is 449 g/mol. The summed E-state index contributed by atoms with van der Waals surface area (Å²) >= 11 is 0. The summed E-state index contributed by atoms with van der Waals surface area (Å²) in [5, 5.41) is 9.04. The number of hydrogen-bond donors (Lipinski definition) is 1. The molecule has 1 amide bonds. The Hall–Kier alpha value is -3.87. The zero-order chi connectivity index (χ0) is 23.2. The van der Waals surface area contributed by atoms with E-state index >= 15 is 0 Å². The molecule has 0 aromatic heterocycles. The minimum Gasteiger partial charge on any atom is -0.493 e. The Kier molecular flexibility index (Phi) is 6.88. The predicted octanol–water partition coefficient (Wildman–Crippen LogP) is 4.23. The minimum atomic E-state index is -1.14. The van der Waals surface area contributed by atoms with Crippen LogP contribution >= 0.6 is 0 Å². The third-order valence-corrected chi connectivity index (χ3v) is 5.55. The lowest BCUT2D eigenvalue weighted by atomic mass is 9.87. The lowest BCUT2D eigenvalue weighted by Crippen LogP contribution is -2.41. The van der Waals surface area contributed by atoms with Crippen molar-refractivity contribution in [3.8, 4) is 11.5 Å². The molecule has 1 aliphatic rings. The number of para-hydroxylation sites is 1. The van der Waals surface area contributed by atoms with E-state index in [-0.39, 0.29) is 24.7 Å². The summed E-state index contributed by atoms with van der Waals surface area (Å²) in [6, 6.07) is 20.3. The highest BCUT2D eigenvalue weighted by Gasteiger charge is 2.34. The van der Waals surface area contributed by atoms with E-state index < -0.39 is 24.4 Å². The van der Waals surface area contributed by atoms with E-state index in [0.29, 0.717) is 24.3 Å². The number of carboxylic acids is 1. The first-order valence-corrected chi connectivity index (χ1v) is 10.7. The highest BCUT2D eigenvalue weighted by molar-refractivity contribution is 5.78. The molecular weight excluding hydrogens is 425 g/mol. The summed E-state index contributed by atoms with van der Waals surface area (Å²) in [6.07, 6.45) is 0.812. The minimum absolute atomic E-state index is 0.140. The molecular formula is C26H24FNO5. The Balaban J connectivity index is 1.63. The second kappa shape index (κ2) is 10.2. The number of aliphatic carboxylic acids is 1. The third-order valence-electron chi connectivity index (χ3n) is 5.55. The molecule has 4 rings (SSSR count). The molecule has 7 heteroatoms. The second-order valence-electron chi connectivity index (χ2n) is 7.71. The van der Waals surface area contributed by atoms with Gasteiger partial charge in [0.15, 0.2) is 6.61 Å². The number of carbonyl (C=O) groups is 2. The number of halogens is 1. The number of benzene rings is 3. The van der Waals surface area contributed by atoms with Gasteiger partial charge in [0.25, 0.3) is 0 Å². The smallest absolute Gasteiger partial charge is 0.341 e. The molecule has 0 spiro atoms. The van der Waals surface area contributed by atoms with Crippen molar-refractivity contribution in [2.24, 2.45) is 0 Å². The fraction of sp³-hybridized carbons (Fsp3) is 0.231. The molecule has 0 fully saturated rings. The molecule has 0 radical (unpaired) electrons. The van der Waals surface area contributed by atoms with E-state index in [1.165, 1.54) is 18.2 Å². The van der Waals surface area contributed by atoms with Gasteiger partial charge in [0.1, 0.15) is 17.3 Å². The molecule has 1 aliphatic heterocycles. The molecule has 1 heterocycles. The number of carboxylic acid groups (broad SMARTS) is 1. The number of amides is 1. The largest absolute Gasteiger partial charge is 0.493 e. The Morgan fingerprint density at radius 3 is 2.52 bits per heavy atom. The molecule has 3 aromatic carbocycles. The van der Waals surface area contributed by atoms with Gasteiger partial charge in [-0.1, -0.05) is 42.5 Å². The summed E-state index contributed by atoms with van der Waals surface area (Å²) in [6.45, 7) is 0.0891. The topological polar surface area (TPSA) is 76.1 Å². The van der Waals surface area contributed by atoms with Gasteiger partial charge in [-0.15, -0.1) is 0 Å². The Morgan fingerprint density at radius 2 is 1.73 bits per heavy atom. The van der Waals surface area contributed by atoms with Crippen molar-refractivity contribution in [2.45, 2.75) is 18.9 Å². The normalized spacial score (nSPS) is 14.9. The summed E-state index contributed by atoms with van der Waals surface area (Å²) in [5.41, 5.74) is 2.34. The van der Waals surface area contributed by atoms with Gasteiger partial charge in [0, 0.05) is 12.1 Å². The van der Waals surface area contributed by atoms with E-state index in [1.54, 1.807) is 4.90 Å². The van der Waals surface area contributed by atoms with Gasteiger partial charge >= 0.3 is 5.97 Å². The summed E-state index contributed by atoms with van der Waals surface area (Å²) in [4.78, 5) is 26.0. The van der Waals surface area contributed by atoms with Crippen LogP contribution in [0.15, 0.2) is 72.8 Å². The molecule has 33 heavy (non-hydrogen) atoms. The van der Waals surface area contributed by atoms with Crippen molar-refractivity contribution < 1.29 is 28.6 Å². The number of ether oxygens (including phenoxy) is 2. The molecule has 3 aromatic rings. The summed E-state index contributed by atoms with van der Waals surface area (Å²) < 4.78 is 25.4. The molecule has 170 valence electrons. The van der Waals surface area contributed by atoms with Crippen LogP contribution < -0.4 is 9.47 Å². The van der Waals surface area contributed by atoms with Crippen LogP contribution in [0.25, 0.3) is 0 Å². The number of hydrogen-bond acceptors (Lipinski definition) is 4. The van der Waals surface area contributed by atoms with Gasteiger partial charge < -0.3 is 19.5 Å². The lowest BCUT2D eigenvalue weighted by Gasteiger charge is -2.38. The van der Waals surface area contributed by atoms with Crippen LogP contribution in [0.5, 0.6) is 11.5 Å². The van der Waals surface area contributed by atoms with Crippen LogP contribution in [0.2, 0.25) is 0 Å². The maximum Gasteiger partial charge on any atom is 0.341 e. The molecule has 0 bridgehead atoms. The first-order chi connectivity index (χ1) is 16.0. The Morgan fingerprint density at radius 1 is 0.970 bits per heavy atom. The van der Waals surface area contributed by atoms with E-state index in [1.807, 2.05) is 54.6 Å². The molecule has 1 N–H and O–H groups in total. The van der Waals surface area contributed by atoms with Crippen LogP contribution in [0.4, 0.5) is 4.39 Å². The van der Waals surface area contributed by atoms with Crippen molar-refractivity contribution in [3.63, 3.8) is 0 Å². The van der Waals surface area contributed by atoms with Crippen LogP contribution in [0.3, 0.4) is 0 Å². The summed E-state index contributed by atoms with van der Waals surface area (Å²) in [5.74, 6) is -0.853. The average Bonchev–Trinajstić information content (AvgIpc) is 2.83. The number of fused-ring (bicyclic) bond motifs is 1. The van der Waals surface area contributed by atoms with Crippen molar-refractivity contribution in [1.82, 2.24) is 4.90 Å². The molecule has 0 saturated heterocycles. The number of carbonyl (C=O) groups excluding carboxylic acids is 1. The van der Waals surface area contributed by atoms with Crippen LogP contribution in [-0.4, -0.2) is 41.6 Å². The van der Waals surface area contributed by atoms with Gasteiger partial charge in [-0.25, -0.2) is 9.18 Å². The van der Waals surface area contributed by atoms with Gasteiger partial charge in [0.05, 0.1) is 19.1 Å². The summed E-state index contributed by atoms with van der Waals surface area (Å²) in [7, 11) is 0. The van der Waals surface area contributed by atoms with E-state index in [2.05, 4.69) is 0 Å². The van der Waals surface area contributed by atoms with Gasteiger partial charge in [-0.3, -0.25) is 4.79 Å². The standard InChI is InChI=1S/C26H24FNO5/c27-19-10-11-23(33-17-25(30)31)22(16-19)26-21-9-5-4-6-18(21)12-14-28(26)24(29)13-15-32-20-7-2-1-3-8-20/h1-11,16,26H,12-15,17H2,(H,30,31). The molecule has 0 aliphatic carbocycles. The Bertz CT molecular complexity index is 1130. The molecule has 1 atom stereocenters. The van der Waals surface area contributed by atoms with Gasteiger partial charge in [-0.05, 0) is 47.9 Å². The molecule has 6 nitrogen and oxygen atoms in total. The van der Waals surface area contributed by atoms with Crippen molar-refractivity contribution in [1.29, 1.82) is 0 Å². The van der Waals surface area contributed by atoms with Gasteiger partial charge in [0.2, 0.25) is 5.91 Å². The second-order valence-corrected chi connectivity index (χ2v) is 7.71. The maximum absolute atomic E-state index is 14.3. The van der Waals surface area contributed by atoms with E-state index in [4.69, 9.17) is 14.6 Å².